The Hall–Kier alpha value is -1.10. The van der Waals surface area contributed by atoms with Gasteiger partial charge in [0.05, 0.1) is 12.2 Å². The van der Waals surface area contributed by atoms with E-state index in [0.717, 1.165) is 12.8 Å². The molecular weight excluding hydrogens is 224 g/mol. The highest BCUT2D eigenvalue weighted by Gasteiger charge is 2.43. The van der Waals surface area contributed by atoms with E-state index in [1.165, 1.54) is 13.8 Å². The SMILES string of the molecule is CC(=O)OC1CCC2OC2CCC1OC(C)=O. The maximum absolute atomic E-state index is 11.0. The van der Waals surface area contributed by atoms with Gasteiger partial charge in [-0.15, -0.1) is 0 Å². The lowest BCUT2D eigenvalue weighted by molar-refractivity contribution is -0.166. The third-order valence-electron chi connectivity index (χ3n) is 3.21. The average molecular weight is 242 g/mol. The van der Waals surface area contributed by atoms with Gasteiger partial charge in [0.2, 0.25) is 0 Å². The van der Waals surface area contributed by atoms with Crippen LogP contribution in [0.1, 0.15) is 39.5 Å². The zero-order chi connectivity index (χ0) is 12.4. The highest BCUT2D eigenvalue weighted by Crippen LogP contribution is 2.35. The molecule has 5 nitrogen and oxygen atoms in total. The maximum atomic E-state index is 11.0. The van der Waals surface area contributed by atoms with E-state index in [1.54, 1.807) is 0 Å². The zero-order valence-electron chi connectivity index (χ0n) is 10.2. The molecule has 0 amide bonds. The summed E-state index contributed by atoms with van der Waals surface area (Å²) < 4.78 is 15.9. The van der Waals surface area contributed by atoms with Crippen molar-refractivity contribution in [2.75, 3.05) is 0 Å². The summed E-state index contributed by atoms with van der Waals surface area (Å²) in [7, 11) is 0. The van der Waals surface area contributed by atoms with Crippen LogP contribution >= 0.6 is 0 Å². The molecule has 5 heteroatoms. The van der Waals surface area contributed by atoms with Gasteiger partial charge in [0.1, 0.15) is 12.2 Å². The second kappa shape index (κ2) is 5.04. The fourth-order valence-corrected chi connectivity index (χ4v) is 2.41. The Kier molecular flexibility index (Phi) is 3.66. The van der Waals surface area contributed by atoms with Gasteiger partial charge in [0.15, 0.2) is 0 Å². The first kappa shape index (κ1) is 12.4. The molecule has 1 saturated heterocycles. The van der Waals surface area contributed by atoms with Crippen LogP contribution in [0.4, 0.5) is 0 Å². The lowest BCUT2D eigenvalue weighted by Crippen LogP contribution is -2.36. The van der Waals surface area contributed by atoms with Crippen molar-refractivity contribution in [2.24, 2.45) is 0 Å². The van der Waals surface area contributed by atoms with Crippen molar-refractivity contribution in [1.29, 1.82) is 0 Å². The molecule has 0 bridgehead atoms. The molecule has 4 unspecified atom stereocenters. The lowest BCUT2D eigenvalue weighted by Gasteiger charge is -2.27. The minimum absolute atomic E-state index is 0.311. The Morgan fingerprint density at radius 3 is 1.65 bits per heavy atom. The molecule has 17 heavy (non-hydrogen) atoms. The Bertz CT molecular complexity index is 284. The lowest BCUT2D eigenvalue weighted by atomic mass is 9.96. The first-order valence-corrected chi connectivity index (χ1v) is 6.06. The molecule has 0 aromatic heterocycles. The number of rotatable bonds is 2. The molecule has 0 aromatic rings. The molecule has 1 aliphatic heterocycles. The Morgan fingerprint density at radius 2 is 1.29 bits per heavy atom. The topological polar surface area (TPSA) is 65.1 Å². The second-order valence-electron chi connectivity index (χ2n) is 4.66. The van der Waals surface area contributed by atoms with Crippen LogP contribution in [-0.4, -0.2) is 36.4 Å². The molecule has 0 N–H and O–H groups in total. The zero-order valence-corrected chi connectivity index (χ0v) is 10.2. The summed E-state index contributed by atoms with van der Waals surface area (Å²) in [6.45, 7) is 2.75. The van der Waals surface area contributed by atoms with Gasteiger partial charge < -0.3 is 14.2 Å². The van der Waals surface area contributed by atoms with Gasteiger partial charge in [0.25, 0.3) is 0 Å². The van der Waals surface area contributed by atoms with Crippen LogP contribution in [0.25, 0.3) is 0 Å². The molecule has 1 aliphatic carbocycles. The summed E-state index contributed by atoms with van der Waals surface area (Å²) >= 11 is 0. The van der Waals surface area contributed by atoms with Gasteiger partial charge in [-0.3, -0.25) is 9.59 Å². The van der Waals surface area contributed by atoms with E-state index >= 15 is 0 Å². The summed E-state index contributed by atoms with van der Waals surface area (Å²) in [6, 6.07) is 0. The van der Waals surface area contributed by atoms with Crippen LogP contribution < -0.4 is 0 Å². The predicted octanol–water partition coefficient (Wildman–Crippen LogP) is 1.19. The summed E-state index contributed by atoms with van der Waals surface area (Å²) in [6.07, 6.45) is 3.07. The molecule has 1 heterocycles. The molecule has 2 fully saturated rings. The molecule has 1 saturated carbocycles. The highest BCUT2D eigenvalue weighted by molar-refractivity contribution is 5.67. The summed E-state index contributed by atoms with van der Waals surface area (Å²) in [5, 5.41) is 0. The van der Waals surface area contributed by atoms with Gasteiger partial charge in [0, 0.05) is 13.8 Å². The predicted molar refractivity (Wildman–Crippen MR) is 58.2 cm³/mol. The van der Waals surface area contributed by atoms with Crippen molar-refractivity contribution in [1.82, 2.24) is 0 Å². The maximum Gasteiger partial charge on any atom is 0.303 e. The van der Waals surface area contributed by atoms with Crippen molar-refractivity contribution in [3.63, 3.8) is 0 Å². The first-order chi connectivity index (χ1) is 8.06. The minimum atomic E-state index is -0.332. The van der Waals surface area contributed by atoms with E-state index < -0.39 is 0 Å². The van der Waals surface area contributed by atoms with Gasteiger partial charge in [-0.25, -0.2) is 0 Å². The van der Waals surface area contributed by atoms with E-state index in [2.05, 4.69) is 0 Å². The number of hydrogen-bond donors (Lipinski definition) is 0. The van der Waals surface area contributed by atoms with Gasteiger partial charge in [-0.05, 0) is 25.7 Å². The molecule has 2 aliphatic rings. The van der Waals surface area contributed by atoms with Gasteiger partial charge in [-0.2, -0.15) is 0 Å². The van der Waals surface area contributed by atoms with Crippen molar-refractivity contribution in [3.8, 4) is 0 Å². The molecule has 0 aromatic carbocycles. The van der Waals surface area contributed by atoms with E-state index in [9.17, 15) is 9.59 Å². The van der Waals surface area contributed by atoms with Crippen LogP contribution in [0.15, 0.2) is 0 Å². The summed E-state index contributed by atoms with van der Waals surface area (Å²) in [5.41, 5.74) is 0. The smallest absolute Gasteiger partial charge is 0.303 e. The van der Waals surface area contributed by atoms with E-state index in [4.69, 9.17) is 14.2 Å². The Balaban J connectivity index is 1.98. The third-order valence-corrected chi connectivity index (χ3v) is 3.21. The second-order valence-corrected chi connectivity index (χ2v) is 4.66. The molecular formula is C12H18O5. The molecule has 0 radical (unpaired) electrons. The average Bonchev–Trinajstić information content (AvgIpc) is 2.94. The molecule has 2 rings (SSSR count). The number of hydrogen-bond acceptors (Lipinski definition) is 5. The summed E-state index contributed by atoms with van der Waals surface area (Å²) in [4.78, 5) is 22.1. The monoisotopic (exact) mass is 242 g/mol. The number of ether oxygens (including phenoxy) is 3. The van der Waals surface area contributed by atoms with E-state index in [0.29, 0.717) is 25.0 Å². The van der Waals surface area contributed by atoms with Crippen LogP contribution in [0, 0.1) is 0 Å². The first-order valence-electron chi connectivity index (χ1n) is 6.06. The van der Waals surface area contributed by atoms with Crippen molar-refractivity contribution < 1.29 is 23.8 Å². The van der Waals surface area contributed by atoms with Crippen LogP contribution in [0.5, 0.6) is 0 Å². The van der Waals surface area contributed by atoms with Gasteiger partial charge >= 0.3 is 11.9 Å². The highest BCUT2D eigenvalue weighted by atomic mass is 16.6. The Labute approximate surface area is 100 Å². The standard InChI is InChI=1S/C12H18O5/c1-7(13)15-9-3-5-11-12(17-11)6-4-10(9)16-8(2)14/h9-12H,3-6H2,1-2H3. The van der Waals surface area contributed by atoms with E-state index in [1.807, 2.05) is 0 Å². The van der Waals surface area contributed by atoms with Crippen molar-refractivity contribution >= 4 is 11.9 Å². The van der Waals surface area contributed by atoms with Crippen molar-refractivity contribution in [3.05, 3.63) is 0 Å². The largest absolute Gasteiger partial charge is 0.459 e. The quantitative estimate of drug-likeness (QED) is 0.537. The van der Waals surface area contributed by atoms with Crippen LogP contribution in [-0.2, 0) is 23.8 Å². The van der Waals surface area contributed by atoms with Crippen LogP contribution in [0.3, 0.4) is 0 Å². The van der Waals surface area contributed by atoms with Crippen molar-refractivity contribution in [2.45, 2.75) is 63.9 Å². The molecule has 96 valence electrons. The number of carbonyl (C=O) groups is 2. The Morgan fingerprint density at radius 1 is 0.882 bits per heavy atom. The molecule has 0 spiro atoms. The number of fused-ring (bicyclic) bond motifs is 1. The van der Waals surface area contributed by atoms with Crippen LogP contribution in [0.2, 0.25) is 0 Å². The third kappa shape index (κ3) is 3.43. The minimum Gasteiger partial charge on any atom is -0.459 e. The van der Waals surface area contributed by atoms with Gasteiger partial charge in [-0.1, -0.05) is 0 Å². The number of esters is 2. The fraction of sp³-hybridized carbons (Fsp3) is 0.833. The number of carbonyl (C=O) groups excluding carboxylic acids is 2. The normalized spacial score (nSPS) is 36.1. The molecule has 4 atom stereocenters. The fourth-order valence-electron chi connectivity index (χ4n) is 2.41. The van der Waals surface area contributed by atoms with E-state index in [-0.39, 0.29) is 24.1 Å². The number of epoxide rings is 1. The summed E-state index contributed by atoms with van der Waals surface area (Å²) in [5.74, 6) is -0.665.